The molecular formula is C20H24ClN3OS. The van der Waals surface area contributed by atoms with Crippen LogP contribution in [0.5, 0.6) is 0 Å². The molecule has 1 aliphatic heterocycles. The van der Waals surface area contributed by atoms with Gasteiger partial charge in [-0.2, -0.15) is 0 Å². The van der Waals surface area contributed by atoms with Crippen LogP contribution in [0.2, 0.25) is 5.02 Å². The Labute approximate surface area is 163 Å². The number of amides is 1. The minimum atomic E-state index is 0.182. The van der Waals surface area contributed by atoms with Gasteiger partial charge in [-0.25, -0.2) is 4.98 Å². The zero-order valence-corrected chi connectivity index (χ0v) is 16.4. The molecule has 0 unspecified atom stereocenters. The standard InChI is InChI=1S/C20H24ClN3OS/c21-18-4-2-1-3-17(18)20-23-16(13-26-20)11-19(25)24-9-7-15(8-10-24)22-12-14-5-6-14/h1-4,13-15,22H,5-12H2. The maximum Gasteiger partial charge on any atom is 0.228 e. The summed E-state index contributed by atoms with van der Waals surface area (Å²) in [6, 6.07) is 8.27. The fraction of sp³-hybridized carbons (Fsp3) is 0.500. The smallest absolute Gasteiger partial charge is 0.228 e. The molecule has 4 nitrogen and oxygen atoms in total. The summed E-state index contributed by atoms with van der Waals surface area (Å²) in [5, 5.41) is 7.20. The van der Waals surface area contributed by atoms with E-state index >= 15 is 0 Å². The van der Waals surface area contributed by atoms with E-state index in [0.29, 0.717) is 17.5 Å². The van der Waals surface area contributed by atoms with E-state index in [9.17, 15) is 4.79 Å². The van der Waals surface area contributed by atoms with Gasteiger partial charge in [-0.15, -0.1) is 11.3 Å². The fourth-order valence-electron chi connectivity index (χ4n) is 3.40. The molecule has 4 rings (SSSR count). The van der Waals surface area contributed by atoms with Crippen molar-refractivity contribution in [1.82, 2.24) is 15.2 Å². The van der Waals surface area contributed by atoms with E-state index in [1.807, 2.05) is 34.5 Å². The van der Waals surface area contributed by atoms with Gasteiger partial charge < -0.3 is 10.2 Å². The average Bonchev–Trinajstić information content (AvgIpc) is 3.38. The van der Waals surface area contributed by atoms with Crippen LogP contribution in [0.1, 0.15) is 31.4 Å². The molecular weight excluding hydrogens is 366 g/mol. The van der Waals surface area contributed by atoms with Crippen LogP contribution in [-0.4, -0.2) is 41.5 Å². The number of piperidine rings is 1. The first-order valence-electron chi connectivity index (χ1n) is 9.39. The molecule has 1 aliphatic carbocycles. The molecule has 138 valence electrons. The normalized spacial score (nSPS) is 18.3. The monoisotopic (exact) mass is 389 g/mol. The quantitative estimate of drug-likeness (QED) is 0.812. The molecule has 0 atom stereocenters. The van der Waals surface area contributed by atoms with E-state index in [1.54, 1.807) is 11.3 Å². The van der Waals surface area contributed by atoms with Crippen molar-refractivity contribution < 1.29 is 4.79 Å². The van der Waals surface area contributed by atoms with Gasteiger partial charge in [-0.1, -0.05) is 29.8 Å². The third-order valence-corrected chi connectivity index (χ3v) is 6.48. The van der Waals surface area contributed by atoms with Gasteiger partial charge in [0.1, 0.15) is 5.01 Å². The lowest BCUT2D eigenvalue weighted by Crippen LogP contribution is -2.45. The molecule has 2 aromatic rings. The van der Waals surface area contributed by atoms with Gasteiger partial charge in [-0.3, -0.25) is 4.79 Å². The number of halogens is 1. The number of hydrogen-bond acceptors (Lipinski definition) is 4. The minimum Gasteiger partial charge on any atom is -0.342 e. The van der Waals surface area contributed by atoms with Crippen molar-refractivity contribution in [2.24, 2.45) is 5.92 Å². The molecule has 0 bridgehead atoms. The maximum absolute atomic E-state index is 12.6. The Balaban J connectivity index is 1.29. The van der Waals surface area contributed by atoms with Crippen molar-refractivity contribution in [3.63, 3.8) is 0 Å². The van der Waals surface area contributed by atoms with Crippen LogP contribution in [0.15, 0.2) is 29.6 Å². The number of carbonyl (C=O) groups is 1. The number of carbonyl (C=O) groups excluding carboxylic acids is 1. The van der Waals surface area contributed by atoms with E-state index in [2.05, 4.69) is 10.3 Å². The topological polar surface area (TPSA) is 45.2 Å². The van der Waals surface area contributed by atoms with Crippen molar-refractivity contribution in [3.8, 4) is 10.6 Å². The zero-order chi connectivity index (χ0) is 17.9. The summed E-state index contributed by atoms with van der Waals surface area (Å²) in [5.41, 5.74) is 1.77. The number of nitrogens with one attached hydrogen (secondary N) is 1. The molecule has 1 aromatic carbocycles. The van der Waals surface area contributed by atoms with Gasteiger partial charge in [0.25, 0.3) is 0 Å². The first-order valence-corrected chi connectivity index (χ1v) is 10.7. The molecule has 0 spiro atoms. The number of rotatable bonds is 6. The summed E-state index contributed by atoms with van der Waals surface area (Å²) in [5.74, 6) is 1.09. The van der Waals surface area contributed by atoms with Crippen molar-refractivity contribution in [2.45, 2.75) is 38.1 Å². The van der Waals surface area contributed by atoms with Crippen LogP contribution < -0.4 is 5.32 Å². The van der Waals surface area contributed by atoms with Gasteiger partial charge >= 0.3 is 0 Å². The van der Waals surface area contributed by atoms with Crippen LogP contribution in [0.25, 0.3) is 10.6 Å². The van der Waals surface area contributed by atoms with Gasteiger partial charge in [0, 0.05) is 30.1 Å². The third-order valence-electron chi connectivity index (χ3n) is 5.23. The van der Waals surface area contributed by atoms with Crippen LogP contribution in [0.4, 0.5) is 0 Å². The number of likely N-dealkylation sites (tertiary alicyclic amines) is 1. The van der Waals surface area contributed by atoms with E-state index in [0.717, 1.165) is 54.7 Å². The van der Waals surface area contributed by atoms with E-state index in [4.69, 9.17) is 11.6 Å². The second-order valence-electron chi connectivity index (χ2n) is 7.31. The Bertz CT molecular complexity index is 766. The lowest BCUT2D eigenvalue weighted by Gasteiger charge is -2.32. The summed E-state index contributed by atoms with van der Waals surface area (Å²) in [7, 11) is 0. The molecule has 1 N–H and O–H groups in total. The molecule has 1 saturated heterocycles. The summed E-state index contributed by atoms with van der Waals surface area (Å²) in [6.07, 6.45) is 5.25. The molecule has 1 amide bonds. The summed E-state index contributed by atoms with van der Waals surface area (Å²) >= 11 is 7.79. The Morgan fingerprint density at radius 3 is 2.73 bits per heavy atom. The Morgan fingerprint density at radius 1 is 1.23 bits per heavy atom. The lowest BCUT2D eigenvalue weighted by molar-refractivity contribution is -0.131. The highest BCUT2D eigenvalue weighted by atomic mass is 35.5. The number of nitrogens with zero attached hydrogens (tertiary/aromatic N) is 2. The van der Waals surface area contributed by atoms with Crippen molar-refractivity contribution >= 4 is 28.8 Å². The van der Waals surface area contributed by atoms with Gasteiger partial charge in [0.2, 0.25) is 5.91 Å². The van der Waals surface area contributed by atoms with Crippen molar-refractivity contribution in [1.29, 1.82) is 0 Å². The molecule has 1 aromatic heterocycles. The van der Waals surface area contributed by atoms with Crippen molar-refractivity contribution in [3.05, 3.63) is 40.4 Å². The van der Waals surface area contributed by atoms with Gasteiger partial charge in [0.15, 0.2) is 0 Å². The third kappa shape index (κ3) is 4.45. The molecule has 2 heterocycles. The first kappa shape index (κ1) is 18.0. The molecule has 0 radical (unpaired) electrons. The van der Waals surface area contributed by atoms with Gasteiger partial charge in [-0.05, 0) is 44.2 Å². The average molecular weight is 390 g/mol. The lowest BCUT2D eigenvalue weighted by atomic mass is 10.0. The molecule has 1 saturated carbocycles. The van der Waals surface area contributed by atoms with Crippen molar-refractivity contribution in [2.75, 3.05) is 19.6 Å². The van der Waals surface area contributed by atoms with Crippen LogP contribution in [0, 0.1) is 5.92 Å². The molecule has 26 heavy (non-hydrogen) atoms. The summed E-state index contributed by atoms with van der Waals surface area (Å²) in [6.45, 7) is 2.85. The Kier molecular flexibility index (Phi) is 5.57. The number of hydrogen-bond donors (Lipinski definition) is 1. The highest BCUT2D eigenvalue weighted by molar-refractivity contribution is 7.13. The summed E-state index contributed by atoms with van der Waals surface area (Å²) < 4.78 is 0. The SMILES string of the molecule is O=C(Cc1csc(-c2ccccc2Cl)n1)N1CCC(NCC2CC2)CC1. The largest absolute Gasteiger partial charge is 0.342 e. The fourth-order valence-corrected chi connectivity index (χ4v) is 4.54. The van der Waals surface area contributed by atoms with Crippen LogP contribution >= 0.6 is 22.9 Å². The Hall–Kier alpha value is -1.43. The van der Waals surface area contributed by atoms with Crippen LogP contribution in [0.3, 0.4) is 0 Å². The second-order valence-corrected chi connectivity index (χ2v) is 8.57. The van der Waals surface area contributed by atoms with Crippen LogP contribution in [-0.2, 0) is 11.2 Å². The highest BCUT2D eigenvalue weighted by Crippen LogP contribution is 2.30. The van der Waals surface area contributed by atoms with Gasteiger partial charge in [0.05, 0.1) is 17.1 Å². The van der Waals surface area contributed by atoms with E-state index in [-0.39, 0.29) is 5.91 Å². The maximum atomic E-state index is 12.6. The molecule has 2 aliphatic rings. The second kappa shape index (κ2) is 8.07. The number of aromatic nitrogens is 1. The first-order chi connectivity index (χ1) is 12.7. The van der Waals surface area contributed by atoms with E-state index in [1.165, 1.54) is 12.8 Å². The highest BCUT2D eigenvalue weighted by Gasteiger charge is 2.26. The molecule has 6 heteroatoms. The van der Waals surface area contributed by atoms with E-state index < -0.39 is 0 Å². The summed E-state index contributed by atoms with van der Waals surface area (Å²) in [4.78, 5) is 19.2. The predicted octanol–water partition coefficient (Wildman–Crippen LogP) is 4.00. The zero-order valence-electron chi connectivity index (χ0n) is 14.8. The Morgan fingerprint density at radius 2 is 2.00 bits per heavy atom. The number of benzene rings is 1. The minimum absolute atomic E-state index is 0.182. The predicted molar refractivity (Wildman–Crippen MR) is 107 cm³/mol. The molecule has 2 fully saturated rings. The number of thiazole rings is 1.